The van der Waals surface area contributed by atoms with Gasteiger partial charge in [0, 0.05) is 31.2 Å². The SMILES string of the molecule is CC(Oc1ccc(Cl)cc1)C(=O)N1CCN(c2ccccc2Cl)CC1. The minimum absolute atomic E-state index is 0.00578. The van der Waals surface area contributed by atoms with Crippen LogP contribution in [0.1, 0.15) is 6.92 Å². The molecule has 3 rings (SSSR count). The Balaban J connectivity index is 1.56. The number of nitrogens with zero attached hydrogens (tertiary/aromatic N) is 2. The van der Waals surface area contributed by atoms with Crippen molar-refractivity contribution in [3.8, 4) is 5.75 Å². The predicted octanol–water partition coefficient (Wildman–Crippen LogP) is 4.11. The Morgan fingerprint density at radius 2 is 1.64 bits per heavy atom. The zero-order valence-corrected chi connectivity index (χ0v) is 15.5. The van der Waals surface area contributed by atoms with Crippen molar-refractivity contribution in [1.29, 1.82) is 0 Å². The number of rotatable bonds is 4. The number of halogens is 2. The van der Waals surface area contributed by atoms with Crippen molar-refractivity contribution >= 4 is 34.8 Å². The molecule has 1 unspecified atom stereocenters. The minimum Gasteiger partial charge on any atom is -0.481 e. The normalized spacial score (nSPS) is 15.8. The third kappa shape index (κ3) is 4.39. The second kappa shape index (κ2) is 7.98. The zero-order valence-electron chi connectivity index (χ0n) is 14.0. The molecule has 132 valence electrons. The Bertz CT molecular complexity index is 728. The Hall–Kier alpha value is -1.91. The summed E-state index contributed by atoms with van der Waals surface area (Å²) in [5.74, 6) is 0.633. The first kappa shape index (κ1) is 17.9. The molecule has 1 saturated heterocycles. The van der Waals surface area contributed by atoms with Crippen LogP contribution in [0.3, 0.4) is 0 Å². The maximum absolute atomic E-state index is 12.6. The first-order valence-electron chi connectivity index (χ1n) is 8.25. The van der Waals surface area contributed by atoms with E-state index in [1.807, 2.05) is 29.2 Å². The number of anilines is 1. The number of amides is 1. The van der Waals surface area contributed by atoms with Gasteiger partial charge < -0.3 is 14.5 Å². The summed E-state index contributed by atoms with van der Waals surface area (Å²) in [6, 6.07) is 14.8. The lowest BCUT2D eigenvalue weighted by molar-refractivity contribution is -0.138. The molecule has 4 nitrogen and oxygen atoms in total. The molecule has 2 aromatic rings. The summed E-state index contributed by atoms with van der Waals surface area (Å²) >= 11 is 12.1. The molecule has 1 atom stereocenters. The largest absolute Gasteiger partial charge is 0.481 e. The van der Waals surface area contributed by atoms with Gasteiger partial charge in [-0.25, -0.2) is 0 Å². The average molecular weight is 379 g/mol. The molecule has 1 amide bonds. The second-order valence-electron chi connectivity index (χ2n) is 5.98. The molecule has 2 aromatic carbocycles. The molecular formula is C19H20Cl2N2O2. The molecule has 0 saturated carbocycles. The van der Waals surface area contributed by atoms with Crippen LogP contribution in [0.4, 0.5) is 5.69 Å². The number of ether oxygens (including phenoxy) is 1. The second-order valence-corrected chi connectivity index (χ2v) is 6.82. The molecule has 0 spiro atoms. The summed E-state index contributed by atoms with van der Waals surface area (Å²) in [6.45, 7) is 4.58. The number of benzene rings is 2. The first-order valence-corrected chi connectivity index (χ1v) is 9.00. The molecule has 1 heterocycles. The number of carbonyl (C=O) groups excluding carboxylic acids is 1. The molecule has 1 aliphatic rings. The molecule has 0 N–H and O–H groups in total. The van der Waals surface area contributed by atoms with Crippen LogP contribution in [-0.4, -0.2) is 43.1 Å². The third-order valence-electron chi connectivity index (χ3n) is 4.26. The topological polar surface area (TPSA) is 32.8 Å². The van der Waals surface area contributed by atoms with Crippen molar-refractivity contribution in [2.24, 2.45) is 0 Å². The van der Waals surface area contributed by atoms with Crippen LogP contribution in [0.25, 0.3) is 0 Å². The van der Waals surface area contributed by atoms with Crippen molar-refractivity contribution in [1.82, 2.24) is 4.90 Å². The van der Waals surface area contributed by atoms with Gasteiger partial charge >= 0.3 is 0 Å². The summed E-state index contributed by atoms with van der Waals surface area (Å²) in [5.41, 5.74) is 1.02. The van der Waals surface area contributed by atoms with Gasteiger partial charge in [0.2, 0.25) is 0 Å². The fourth-order valence-electron chi connectivity index (χ4n) is 2.90. The van der Waals surface area contributed by atoms with Crippen LogP contribution in [0.2, 0.25) is 10.0 Å². The summed E-state index contributed by atoms with van der Waals surface area (Å²) < 4.78 is 5.73. The summed E-state index contributed by atoms with van der Waals surface area (Å²) in [7, 11) is 0. The van der Waals surface area contributed by atoms with Gasteiger partial charge in [-0.3, -0.25) is 4.79 Å². The summed E-state index contributed by atoms with van der Waals surface area (Å²) in [4.78, 5) is 16.7. The molecular weight excluding hydrogens is 359 g/mol. The number of piperazine rings is 1. The lowest BCUT2D eigenvalue weighted by Crippen LogP contribution is -2.52. The Labute approximate surface area is 157 Å². The fourth-order valence-corrected chi connectivity index (χ4v) is 3.28. The van der Waals surface area contributed by atoms with Crippen LogP contribution in [0.15, 0.2) is 48.5 Å². The standard InChI is InChI=1S/C19H20Cl2N2O2/c1-14(25-16-8-6-15(20)7-9-16)19(24)23-12-10-22(11-13-23)18-5-3-2-4-17(18)21/h2-9,14H,10-13H2,1H3. The van der Waals surface area contributed by atoms with E-state index >= 15 is 0 Å². The quantitative estimate of drug-likeness (QED) is 0.802. The zero-order chi connectivity index (χ0) is 17.8. The van der Waals surface area contributed by atoms with E-state index in [1.165, 1.54) is 0 Å². The number of hydrogen-bond acceptors (Lipinski definition) is 3. The van der Waals surface area contributed by atoms with E-state index in [0.29, 0.717) is 23.9 Å². The highest BCUT2D eigenvalue weighted by molar-refractivity contribution is 6.33. The number of carbonyl (C=O) groups is 1. The van der Waals surface area contributed by atoms with Crippen LogP contribution in [-0.2, 0) is 4.79 Å². The summed E-state index contributed by atoms with van der Waals surface area (Å²) in [6.07, 6.45) is -0.534. The van der Waals surface area contributed by atoms with Crippen LogP contribution >= 0.6 is 23.2 Å². The number of para-hydroxylation sites is 1. The lowest BCUT2D eigenvalue weighted by atomic mass is 10.2. The van der Waals surface area contributed by atoms with Crippen molar-refractivity contribution in [3.63, 3.8) is 0 Å². The summed E-state index contributed by atoms with van der Waals surface area (Å²) in [5, 5.41) is 1.38. The highest BCUT2D eigenvalue weighted by Crippen LogP contribution is 2.26. The van der Waals surface area contributed by atoms with Crippen molar-refractivity contribution < 1.29 is 9.53 Å². The van der Waals surface area contributed by atoms with Gasteiger partial charge in [-0.1, -0.05) is 35.3 Å². The average Bonchev–Trinajstić information content (AvgIpc) is 2.63. The minimum atomic E-state index is -0.534. The smallest absolute Gasteiger partial charge is 0.263 e. The van der Waals surface area contributed by atoms with Crippen LogP contribution < -0.4 is 9.64 Å². The Kier molecular flexibility index (Phi) is 5.71. The van der Waals surface area contributed by atoms with E-state index < -0.39 is 6.10 Å². The number of hydrogen-bond donors (Lipinski definition) is 0. The van der Waals surface area contributed by atoms with Crippen LogP contribution in [0.5, 0.6) is 5.75 Å². The van der Waals surface area contributed by atoms with E-state index in [2.05, 4.69) is 4.90 Å². The molecule has 1 aliphatic heterocycles. The highest BCUT2D eigenvalue weighted by atomic mass is 35.5. The first-order chi connectivity index (χ1) is 12.0. The van der Waals surface area contributed by atoms with Gasteiger partial charge in [-0.05, 0) is 43.3 Å². The fraction of sp³-hybridized carbons (Fsp3) is 0.316. The maximum Gasteiger partial charge on any atom is 0.263 e. The van der Waals surface area contributed by atoms with Crippen molar-refractivity contribution in [2.45, 2.75) is 13.0 Å². The monoisotopic (exact) mass is 378 g/mol. The van der Waals surface area contributed by atoms with Gasteiger partial charge in [0.15, 0.2) is 6.10 Å². The Morgan fingerprint density at radius 3 is 2.28 bits per heavy atom. The van der Waals surface area contributed by atoms with E-state index in [9.17, 15) is 4.79 Å². The molecule has 6 heteroatoms. The van der Waals surface area contributed by atoms with Gasteiger partial charge in [0.05, 0.1) is 10.7 Å². The molecule has 1 fully saturated rings. The van der Waals surface area contributed by atoms with E-state index in [1.54, 1.807) is 31.2 Å². The van der Waals surface area contributed by atoms with E-state index in [-0.39, 0.29) is 5.91 Å². The highest BCUT2D eigenvalue weighted by Gasteiger charge is 2.26. The molecule has 0 bridgehead atoms. The lowest BCUT2D eigenvalue weighted by Gasteiger charge is -2.37. The molecule has 25 heavy (non-hydrogen) atoms. The van der Waals surface area contributed by atoms with Crippen LogP contribution in [0, 0.1) is 0 Å². The van der Waals surface area contributed by atoms with Crippen molar-refractivity contribution in [2.75, 3.05) is 31.1 Å². The van der Waals surface area contributed by atoms with Gasteiger partial charge in [0.1, 0.15) is 5.75 Å². The maximum atomic E-state index is 12.6. The Morgan fingerprint density at radius 1 is 1.00 bits per heavy atom. The van der Waals surface area contributed by atoms with Gasteiger partial charge in [0.25, 0.3) is 5.91 Å². The van der Waals surface area contributed by atoms with Gasteiger partial charge in [-0.15, -0.1) is 0 Å². The molecule has 0 radical (unpaired) electrons. The predicted molar refractivity (Wildman–Crippen MR) is 102 cm³/mol. The molecule has 0 aliphatic carbocycles. The van der Waals surface area contributed by atoms with E-state index in [0.717, 1.165) is 23.8 Å². The van der Waals surface area contributed by atoms with Gasteiger partial charge in [-0.2, -0.15) is 0 Å². The van der Waals surface area contributed by atoms with Crippen molar-refractivity contribution in [3.05, 3.63) is 58.6 Å². The third-order valence-corrected chi connectivity index (χ3v) is 4.83. The van der Waals surface area contributed by atoms with E-state index in [4.69, 9.17) is 27.9 Å². The molecule has 0 aromatic heterocycles.